The van der Waals surface area contributed by atoms with Gasteiger partial charge in [-0.2, -0.15) is 0 Å². The zero-order chi connectivity index (χ0) is 10.9. The van der Waals surface area contributed by atoms with Crippen LogP contribution in [0.2, 0.25) is 0 Å². The first-order valence-electron chi connectivity index (χ1n) is 4.56. The molecule has 3 N–H and O–H groups in total. The van der Waals surface area contributed by atoms with E-state index in [2.05, 4.69) is 0 Å². The lowest BCUT2D eigenvalue weighted by Crippen LogP contribution is -2.26. The molecule has 14 heavy (non-hydrogen) atoms. The highest BCUT2D eigenvalue weighted by molar-refractivity contribution is 5.30. The van der Waals surface area contributed by atoms with Gasteiger partial charge in [-0.05, 0) is 23.1 Å². The first-order valence-corrected chi connectivity index (χ1v) is 4.56. The number of phenolic OH excluding ortho intramolecular Hbond substituents is 1. The highest BCUT2D eigenvalue weighted by Gasteiger charge is 2.22. The van der Waals surface area contributed by atoms with E-state index in [0.29, 0.717) is 5.56 Å². The van der Waals surface area contributed by atoms with E-state index in [1.807, 2.05) is 20.8 Å². The maximum absolute atomic E-state index is 13.0. The lowest BCUT2D eigenvalue weighted by Gasteiger charge is -2.27. The fraction of sp³-hybridized carbons (Fsp3) is 0.455. The second kappa shape index (κ2) is 3.58. The van der Waals surface area contributed by atoms with Gasteiger partial charge in [0, 0.05) is 6.04 Å². The Labute approximate surface area is 83.6 Å². The Morgan fingerprint density at radius 3 is 2.36 bits per heavy atom. The quantitative estimate of drug-likeness (QED) is 0.726. The molecule has 0 unspecified atom stereocenters. The van der Waals surface area contributed by atoms with Crippen LogP contribution in [0.4, 0.5) is 4.39 Å². The van der Waals surface area contributed by atoms with Crippen molar-refractivity contribution < 1.29 is 9.50 Å². The van der Waals surface area contributed by atoms with E-state index in [1.54, 1.807) is 6.07 Å². The van der Waals surface area contributed by atoms with Gasteiger partial charge in [-0.15, -0.1) is 0 Å². The number of halogens is 1. The Morgan fingerprint density at radius 1 is 1.36 bits per heavy atom. The average molecular weight is 197 g/mol. The molecule has 78 valence electrons. The summed E-state index contributed by atoms with van der Waals surface area (Å²) in [5, 5.41) is 9.01. The van der Waals surface area contributed by atoms with Crippen LogP contribution in [0.25, 0.3) is 0 Å². The van der Waals surface area contributed by atoms with Crippen molar-refractivity contribution in [2.45, 2.75) is 26.8 Å². The van der Waals surface area contributed by atoms with Crippen LogP contribution in [0.15, 0.2) is 18.2 Å². The van der Waals surface area contributed by atoms with Crippen LogP contribution < -0.4 is 5.73 Å². The standard InChI is InChI=1S/C11H16FNO/c1-11(2,3)10(13)7-4-5-9(14)8(12)6-7/h4-6,10,14H,13H2,1-3H3/t10-/m1/s1. The number of phenols is 1. The van der Waals surface area contributed by atoms with Crippen molar-refractivity contribution in [1.82, 2.24) is 0 Å². The summed E-state index contributed by atoms with van der Waals surface area (Å²) in [4.78, 5) is 0. The van der Waals surface area contributed by atoms with E-state index in [4.69, 9.17) is 10.8 Å². The third-order valence-electron chi connectivity index (χ3n) is 2.26. The summed E-state index contributed by atoms with van der Waals surface area (Å²) in [7, 11) is 0. The zero-order valence-corrected chi connectivity index (χ0v) is 8.71. The SMILES string of the molecule is CC(C)(C)[C@H](N)c1ccc(O)c(F)c1. The molecule has 2 nitrogen and oxygen atoms in total. The van der Waals surface area contributed by atoms with Crippen molar-refractivity contribution in [3.63, 3.8) is 0 Å². The number of aromatic hydroxyl groups is 1. The molecule has 1 aromatic rings. The van der Waals surface area contributed by atoms with Crippen LogP contribution in [0.1, 0.15) is 32.4 Å². The van der Waals surface area contributed by atoms with Crippen molar-refractivity contribution in [1.29, 1.82) is 0 Å². The Bertz CT molecular complexity index is 331. The molecule has 0 radical (unpaired) electrons. The summed E-state index contributed by atoms with van der Waals surface area (Å²) < 4.78 is 13.0. The van der Waals surface area contributed by atoms with Gasteiger partial charge in [0.2, 0.25) is 0 Å². The Morgan fingerprint density at radius 2 is 1.93 bits per heavy atom. The van der Waals surface area contributed by atoms with Crippen molar-refractivity contribution in [2.75, 3.05) is 0 Å². The molecule has 0 aliphatic rings. The summed E-state index contributed by atoms with van der Waals surface area (Å²) in [6.45, 7) is 5.97. The number of nitrogens with two attached hydrogens (primary N) is 1. The van der Waals surface area contributed by atoms with Crippen molar-refractivity contribution in [3.05, 3.63) is 29.6 Å². The highest BCUT2D eigenvalue weighted by atomic mass is 19.1. The number of benzene rings is 1. The maximum Gasteiger partial charge on any atom is 0.165 e. The molecule has 0 amide bonds. The van der Waals surface area contributed by atoms with Gasteiger partial charge in [-0.3, -0.25) is 0 Å². The van der Waals surface area contributed by atoms with Gasteiger partial charge in [-0.1, -0.05) is 26.8 Å². The van der Waals surface area contributed by atoms with E-state index >= 15 is 0 Å². The minimum Gasteiger partial charge on any atom is -0.505 e. The van der Waals surface area contributed by atoms with Crippen LogP contribution in [0, 0.1) is 11.2 Å². The van der Waals surface area contributed by atoms with Crippen molar-refractivity contribution >= 4 is 0 Å². The van der Waals surface area contributed by atoms with Gasteiger partial charge in [-0.25, -0.2) is 4.39 Å². The van der Waals surface area contributed by atoms with Gasteiger partial charge >= 0.3 is 0 Å². The molecule has 0 spiro atoms. The van der Waals surface area contributed by atoms with Gasteiger partial charge < -0.3 is 10.8 Å². The first kappa shape index (κ1) is 11.0. The van der Waals surface area contributed by atoms with E-state index < -0.39 is 5.82 Å². The van der Waals surface area contributed by atoms with E-state index in [0.717, 1.165) is 0 Å². The Balaban J connectivity index is 3.03. The molecule has 0 saturated heterocycles. The molecule has 0 aliphatic carbocycles. The minimum absolute atomic E-state index is 0.122. The predicted octanol–water partition coefficient (Wildman–Crippen LogP) is 2.58. The largest absolute Gasteiger partial charge is 0.505 e. The molecule has 1 rings (SSSR count). The van der Waals surface area contributed by atoms with Crippen LogP contribution in [0.5, 0.6) is 5.75 Å². The molecular weight excluding hydrogens is 181 g/mol. The molecule has 0 aromatic heterocycles. The lowest BCUT2D eigenvalue weighted by atomic mass is 9.83. The van der Waals surface area contributed by atoms with Gasteiger partial charge in [0.05, 0.1) is 0 Å². The van der Waals surface area contributed by atoms with Crippen LogP contribution in [-0.4, -0.2) is 5.11 Å². The second-order valence-electron chi connectivity index (χ2n) is 4.55. The molecule has 1 aromatic carbocycles. The van der Waals surface area contributed by atoms with Crippen LogP contribution in [0.3, 0.4) is 0 Å². The molecule has 0 heterocycles. The molecular formula is C11H16FNO. The molecule has 0 bridgehead atoms. The van der Waals surface area contributed by atoms with E-state index in [9.17, 15) is 4.39 Å². The van der Waals surface area contributed by atoms with Gasteiger partial charge in [0.15, 0.2) is 11.6 Å². The minimum atomic E-state index is -0.623. The van der Waals surface area contributed by atoms with Crippen molar-refractivity contribution in [2.24, 2.45) is 11.1 Å². The summed E-state index contributed by atoms with van der Waals surface area (Å²) in [6.07, 6.45) is 0. The molecule has 3 heteroatoms. The van der Waals surface area contributed by atoms with Crippen LogP contribution in [-0.2, 0) is 0 Å². The molecule has 0 saturated carbocycles. The summed E-state index contributed by atoms with van der Waals surface area (Å²) in [5.74, 6) is -0.961. The Kier molecular flexibility index (Phi) is 2.81. The fourth-order valence-electron chi connectivity index (χ4n) is 1.22. The first-order chi connectivity index (χ1) is 6.32. The highest BCUT2D eigenvalue weighted by Crippen LogP contribution is 2.31. The summed E-state index contributed by atoms with van der Waals surface area (Å²) in [6, 6.07) is 4.02. The van der Waals surface area contributed by atoms with Crippen LogP contribution >= 0.6 is 0 Å². The normalized spacial score (nSPS) is 14.1. The lowest BCUT2D eigenvalue weighted by molar-refractivity contribution is 0.325. The molecule has 0 fully saturated rings. The van der Waals surface area contributed by atoms with Crippen molar-refractivity contribution in [3.8, 4) is 5.75 Å². The number of hydrogen-bond acceptors (Lipinski definition) is 2. The summed E-state index contributed by atoms with van der Waals surface area (Å²) >= 11 is 0. The molecule has 1 atom stereocenters. The number of hydrogen-bond donors (Lipinski definition) is 2. The van der Waals surface area contributed by atoms with Gasteiger partial charge in [0.1, 0.15) is 0 Å². The topological polar surface area (TPSA) is 46.2 Å². The number of rotatable bonds is 1. The van der Waals surface area contributed by atoms with Gasteiger partial charge in [0.25, 0.3) is 0 Å². The maximum atomic E-state index is 13.0. The summed E-state index contributed by atoms with van der Waals surface area (Å²) in [5.41, 5.74) is 6.52. The third kappa shape index (κ3) is 2.23. The van der Waals surface area contributed by atoms with E-state index in [1.165, 1.54) is 12.1 Å². The average Bonchev–Trinajstić information content (AvgIpc) is 2.07. The monoisotopic (exact) mass is 197 g/mol. The zero-order valence-electron chi connectivity index (χ0n) is 8.71. The predicted molar refractivity (Wildman–Crippen MR) is 54.4 cm³/mol. The third-order valence-corrected chi connectivity index (χ3v) is 2.26. The smallest absolute Gasteiger partial charge is 0.165 e. The second-order valence-corrected chi connectivity index (χ2v) is 4.55. The molecule has 0 aliphatic heterocycles. The Hall–Kier alpha value is -1.09. The van der Waals surface area contributed by atoms with E-state index in [-0.39, 0.29) is 17.2 Å². The fourth-order valence-corrected chi connectivity index (χ4v) is 1.22.